The van der Waals surface area contributed by atoms with E-state index >= 15 is 0 Å². The summed E-state index contributed by atoms with van der Waals surface area (Å²) in [6, 6.07) is 10.5. The van der Waals surface area contributed by atoms with Crippen LogP contribution < -0.4 is 14.8 Å². The number of nitrogens with zero attached hydrogens (tertiary/aromatic N) is 1. The van der Waals surface area contributed by atoms with E-state index in [0.29, 0.717) is 0 Å². The average molecular weight is 286 g/mol. The van der Waals surface area contributed by atoms with Gasteiger partial charge in [-0.05, 0) is 49.2 Å². The molecular weight excluding hydrogens is 264 g/mol. The molecule has 2 aromatic rings. The van der Waals surface area contributed by atoms with Crippen LogP contribution in [0.15, 0.2) is 42.7 Å². The summed E-state index contributed by atoms with van der Waals surface area (Å²) < 4.78 is 10.4. The van der Waals surface area contributed by atoms with Crippen LogP contribution in [0.4, 0.5) is 0 Å². The van der Waals surface area contributed by atoms with E-state index in [-0.39, 0.29) is 6.04 Å². The molecule has 4 nitrogen and oxygen atoms in total. The lowest BCUT2D eigenvalue weighted by Gasteiger charge is -2.17. The first kappa shape index (κ1) is 15.3. The van der Waals surface area contributed by atoms with Crippen molar-refractivity contribution < 1.29 is 9.47 Å². The highest BCUT2D eigenvalue weighted by atomic mass is 16.5. The lowest BCUT2D eigenvalue weighted by atomic mass is 10.00. The molecule has 1 heterocycles. The smallest absolute Gasteiger partial charge is 0.137 e. The monoisotopic (exact) mass is 286 g/mol. The summed E-state index contributed by atoms with van der Waals surface area (Å²) in [7, 11) is 5.31. The van der Waals surface area contributed by atoms with Crippen LogP contribution in [0, 0.1) is 0 Å². The predicted octanol–water partition coefficient (Wildman–Crippen LogP) is 2.99. The number of hydrogen-bond acceptors (Lipinski definition) is 4. The topological polar surface area (TPSA) is 43.4 Å². The molecule has 1 aromatic heterocycles. The zero-order valence-electron chi connectivity index (χ0n) is 12.8. The van der Waals surface area contributed by atoms with E-state index in [0.717, 1.165) is 29.9 Å². The minimum absolute atomic E-state index is 0.259. The van der Waals surface area contributed by atoms with Crippen molar-refractivity contribution >= 4 is 0 Å². The molecule has 0 aliphatic carbocycles. The summed E-state index contributed by atoms with van der Waals surface area (Å²) in [5.41, 5.74) is 2.44. The van der Waals surface area contributed by atoms with Crippen molar-refractivity contribution in [3.63, 3.8) is 0 Å². The van der Waals surface area contributed by atoms with E-state index in [2.05, 4.69) is 22.4 Å². The number of methoxy groups -OCH3 is 2. The molecule has 0 spiro atoms. The summed E-state index contributed by atoms with van der Waals surface area (Å²) in [5.74, 6) is 1.68. The molecule has 0 aliphatic rings. The number of pyridine rings is 1. The number of benzene rings is 1. The molecule has 0 radical (unpaired) electrons. The molecule has 1 aromatic carbocycles. The van der Waals surface area contributed by atoms with Gasteiger partial charge in [-0.15, -0.1) is 0 Å². The van der Waals surface area contributed by atoms with Gasteiger partial charge in [-0.2, -0.15) is 0 Å². The Labute approximate surface area is 126 Å². The maximum absolute atomic E-state index is 5.23. The fraction of sp³-hybridized carbons (Fsp3) is 0.353. The lowest BCUT2D eigenvalue weighted by Crippen LogP contribution is -2.17. The fourth-order valence-corrected chi connectivity index (χ4v) is 2.32. The van der Waals surface area contributed by atoms with Gasteiger partial charge in [-0.3, -0.25) is 4.98 Å². The van der Waals surface area contributed by atoms with Gasteiger partial charge in [0.1, 0.15) is 11.5 Å². The van der Waals surface area contributed by atoms with Crippen LogP contribution in [0.5, 0.6) is 11.5 Å². The first-order valence-corrected chi connectivity index (χ1v) is 7.06. The molecule has 0 bridgehead atoms. The normalized spacial score (nSPS) is 12.0. The van der Waals surface area contributed by atoms with Gasteiger partial charge in [0.15, 0.2) is 0 Å². The van der Waals surface area contributed by atoms with Crippen molar-refractivity contribution in [2.75, 3.05) is 21.3 Å². The van der Waals surface area contributed by atoms with Crippen molar-refractivity contribution in [3.05, 3.63) is 53.9 Å². The standard InChI is InChI=1S/C17H22N2O2/c1-18-17(14-10-16(21-3)12-19-11-14)9-6-13-4-7-15(20-2)8-5-13/h4-5,7-8,10-12,17-18H,6,9H2,1-3H3. The van der Waals surface area contributed by atoms with E-state index in [1.165, 1.54) is 5.56 Å². The molecule has 0 saturated carbocycles. The summed E-state index contributed by atoms with van der Waals surface area (Å²) in [4.78, 5) is 4.22. The van der Waals surface area contributed by atoms with Crippen LogP contribution in [0.2, 0.25) is 0 Å². The van der Waals surface area contributed by atoms with Crippen molar-refractivity contribution in [2.45, 2.75) is 18.9 Å². The zero-order valence-corrected chi connectivity index (χ0v) is 12.8. The van der Waals surface area contributed by atoms with Crippen LogP contribution in [0.3, 0.4) is 0 Å². The SMILES string of the molecule is CNC(CCc1ccc(OC)cc1)c1cncc(OC)c1. The Morgan fingerprint density at radius 1 is 1.05 bits per heavy atom. The minimum atomic E-state index is 0.259. The van der Waals surface area contributed by atoms with Crippen LogP contribution in [-0.2, 0) is 6.42 Å². The number of ether oxygens (including phenoxy) is 2. The predicted molar refractivity (Wildman–Crippen MR) is 83.9 cm³/mol. The van der Waals surface area contributed by atoms with Crippen LogP contribution in [0.25, 0.3) is 0 Å². The van der Waals surface area contributed by atoms with E-state index in [1.54, 1.807) is 20.4 Å². The third-order valence-corrected chi connectivity index (χ3v) is 3.60. The second-order valence-corrected chi connectivity index (χ2v) is 4.89. The second-order valence-electron chi connectivity index (χ2n) is 4.89. The number of rotatable bonds is 7. The highest BCUT2D eigenvalue weighted by Crippen LogP contribution is 2.22. The summed E-state index contributed by atoms with van der Waals surface area (Å²) in [5, 5.41) is 3.34. The van der Waals surface area contributed by atoms with E-state index in [4.69, 9.17) is 9.47 Å². The third kappa shape index (κ3) is 4.20. The van der Waals surface area contributed by atoms with Gasteiger partial charge in [-0.1, -0.05) is 12.1 Å². The Morgan fingerprint density at radius 2 is 1.76 bits per heavy atom. The van der Waals surface area contributed by atoms with Gasteiger partial charge in [0.2, 0.25) is 0 Å². The van der Waals surface area contributed by atoms with Gasteiger partial charge >= 0.3 is 0 Å². The van der Waals surface area contributed by atoms with Crippen molar-refractivity contribution in [3.8, 4) is 11.5 Å². The summed E-state index contributed by atoms with van der Waals surface area (Å²) >= 11 is 0. The molecular formula is C17H22N2O2. The Hall–Kier alpha value is -2.07. The van der Waals surface area contributed by atoms with Crippen molar-refractivity contribution in [2.24, 2.45) is 0 Å². The maximum Gasteiger partial charge on any atom is 0.137 e. The number of aryl methyl sites for hydroxylation is 1. The molecule has 21 heavy (non-hydrogen) atoms. The Balaban J connectivity index is 2.01. The largest absolute Gasteiger partial charge is 0.497 e. The van der Waals surface area contributed by atoms with Gasteiger partial charge in [-0.25, -0.2) is 0 Å². The van der Waals surface area contributed by atoms with E-state index in [9.17, 15) is 0 Å². The third-order valence-electron chi connectivity index (χ3n) is 3.60. The first-order valence-electron chi connectivity index (χ1n) is 7.06. The molecule has 112 valence electrons. The maximum atomic E-state index is 5.23. The molecule has 0 aliphatic heterocycles. The second kappa shape index (κ2) is 7.64. The van der Waals surface area contributed by atoms with Crippen LogP contribution in [-0.4, -0.2) is 26.3 Å². The number of hydrogen-bond donors (Lipinski definition) is 1. The van der Waals surface area contributed by atoms with Gasteiger partial charge in [0, 0.05) is 12.2 Å². The molecule has 0 amide bonds. The first-order chi connectivity index (χ1) is 10.3. The van der Waals surface area contributed by atoms with Crippen LogP contribution in [0.1, 0.15) is 23.6 Å². The van der Waals surface area contributed by atoms with E-state index < -0.39 is 0 Å². The highest BCUT2D eigenvalue weighted by Gasteiger charge is 2.10. The molecule has 1 N–H and O–H groups in total. The molecule has 4 heteroatoms. The summed E-state index contributed by atoms with van der Waals surface area (Å²) in [6.45, 7) is 0. The quantitative estimate of drug-likeness (QED) is 0.849. The Morgan fingerprint density at radius 3 is 2.38 bits per heavy atom. The van der Waals surface area contributed by atoms with Gasteiger partial charge in [0.25, 0.3) is 0 Å². The molecule has 0 fully saturated rings. The highest BCUT2D eigenvalue weighted by molar-refractivity contribution is 5.28. The number of aromatic nitrogens is 1. The van der Waals surface area contributed by atoms with E-state index in [1.807, 2.05) is 31.4 Å². The lowest BCUT2D eigenvalue weighted by molar-refractivity contribution is 0.410. The van der Waals surface area contributed by atoms with Crippen LogP contribution >= 0.6 is 0 Å². The fourth-order valence-electron chi connectivity index (χ4n) is 2.32. The minimum Gasteiger partial charge on any atom is -0.497 e. The molecule has 1 atom stereocenters. The number of nitrogens with one attached hydrogen (secondary N) is 1. The van der Waals surface area contributed by atoms with Crippen molar-refractivity contribution in [1.29, 1.82) is 0 Å². The summed E-state index contributed by atoms with van der Waals surface area (Å²) in [6.07, 6.45) is 5.60. The zero-order chi connectivity index (χ0) is 15.1. The van der Waals surface area contributed by atoms with Gasteiger partial charge in [0.05, 0.1) is 20.4 Å². The molecule has 1 unspecified atom stereocenters. The molecule has 2 rings (SSSR count). The Kier molecular flexibility index (Phi) is 5.58. The average Bonchev–Trinajstić information content (AvgIpc) is 2.56. The van der Waals surface area contributed by atoms with Crippen molar-refractivity contribution in [1.82, 2.24) is 10.3 Å². The Bertz CT molecular complexity index is 555. The molecule has 0 saturated heterocycles. The van der Waals surface area contributed by atoms with Gasteiger partial charge < -0.3 is 14.8 Å².